The number of rotatable bonds is 7. The summed E-state index contributed by atoms with van der Waals surface area (Å²) in [4.78, 5) is 31.2. The SMILES string of the molecule is COCCNC(=O)C1CCCN1C(=O)c1csc(Nc2ccc(Cl)c(Cl)c2)n1. The number of ether oxygens (including phenoxy) is 1. The minimum Gasteiger partial charge on any atom is -0.383 e. The van der Waals surface area contributed by atoms with Crippen molar-refractivity contribution in [3.8, 4) is 0 Å². The molecule has 3 rings (SSSR count). The minimum absolute atomic E-state index is 0.160. The van der Waals surface area contributed by atoms with Crippen LogP contribution in [0, 0.1) is 0 Å². The molecule has 0 bridgehead atoms. The number of likely N-dealkylation sites (tertiary alicyclic amines) is 1. The summed E-state index contributed by atoms with van der Waals surface area (Å²) in [5.74, 6) is -0.407. The molecule has 1 aliphatic rings. The van der Waals surface area contributed by atoms with Gasteiger partial charge in [0.15, 0.2) is 5.13 Å². The number of carbonyl (C=O) groups excluding carboxylic acids is 2. The molecule has 1 aromatic heterocycles. The van der Waals surface area contributed by atoms with Crippen molar-refractivity contribution in [2.24, 2.45) is 0 Å². The predicted molar refractivity (Wildman–Crippen MR) is 111 cm³/mol. The first-order chi connectivity index (χ1) is 13.5. The summed E-state index contributed by atoms with van der Waals surface area (Å²) in [6.45, 7) is 1.39. The highest BCUT2D eigenvalue weighted by Crippen LogP contribution is 2.29. The largest absolute Gasteiger partial charge is 0.383 e. The zero-order valence-corrected chi connectivity index (χ0v) is 17.5. The molecule has 1 saturated heterocycles. The Morgan fingerprint density at radius 2 is 2.18 bits per heavy atom. The van der Waals surface area contributed by atoms with Gasteiger partial charge in [-0.05, 0) is 31.0 Å². The first kappa shape index (κ1) is 20.9. The number of carbonyl (C=O) groups is 2. The second kappa shape index (κ2) is 9.56. The van der Waals surface area contributed by atoms with E-state index in [1.54, 1.807) is 35.6 Å². The van der Waals surface area contributed by atoms with Gasteiger partial charge in [-0.25, -0.2) is 4.98 Å². The molecule has 0 spiro atoms. The summed E-state index contributed by atoms with van der Waals surface area (Å²) in [7, 11) is 1.57. The number of amides is 2. The van der Waals surface area contributed by atoms with Crippen molar-refractivity contribution in [2.45, 2.75) is 18.9 Å². The molecule has 28 heavy (non-hydrogen) atoms. The fraction of sp³-hybridized carbons (Fsp3) is 0.389. The number of thiazole rings is 1. The van der Waals surface area contributed by atoms with Gasteiger partial charge in [0.1, 0.15) is 11.7 Å². The van der Waals surface area contributed by atoms with Crippen LogP contribution in [0.4, 0.5) is 10.8 Å². The average Bonchev–Trinajstić information content (AvgIpc) is 3.34. The summed E-state index contributed by atoms with van der Waals surface area (Å²) in [6.07, 6.45) is 1.43. The molecule has 0 radical (unpaired) electrons. The Morgan fingerprint density at radius 1 is 1.36 bits per heavy atom. The first-order valence-electron chi connectivity index (χ1n) is 8.75. The molecule has 2 amide bonds. The highest BCUT2D eigenvalue weighted by atomic mass is 35.5. The molecule has 1 fully saturated rings. The van der Waals surface area contributed by atoms with E-state index in [9.17, 15) is 9.59 Å². The number of hydrogen-bond donors (Lipinski definition) is 2. The predicted octanol–water partition coefficient (Wildman–Crippen LogP) is 3.56. The van der Waals surface area contributed by atoms with E-state index in [-0.39, 0.29) is 11.8 Å². The van der Waals surface area contributed by atoms with Gasteiger partial charge >= 0.3 is 0 Å². The van der Waals surface area contributed by atoms with Crippen LogP contribution in [-0.4, -0.2) is 54.5 Å². The summed E-state index contributed by atoms with van der Waals surface area (Å²) >= 11 is 13.2. The van der Waals surface area contributed by atoms with E-state index < -0.39 is 6.04 Å². The maximum atomic E-state index is 12.9. The fourth-order valence-electron chi connectivity index (χ4n) is 2.95. The third-order valence-corrected chi connectivity index (χ3v) is 5.81. The average molecular weight is 443 g/mol. The number of methoxy groups -OCH3 is 1. The number of aromatic nitrogens is 1. The van der Waals surface area contributed by atoms with Crippen LogP contribution in [0.1, 0.15) is 23.3 Å². The lowest BCUT2D eigenvalue weighted by atomic mass is 10.2. The maximum absolute atomic E-state index is 12.9. The van der Waals surface area contributed by atoms with Gasteiger partial charge in [-0.1, -0.05) is 23.2 Å². The fourth-order valence-corrected chi connectivity index (χ4v) is 3.95. The number of nitrogens with one attached hydrogen (secondary N) is 2. The van der Waals surface area contributed by atoms with Crippen LogP contribution in [0.5, 0.6) is 0 Å². The normalized spacial score (nSPS) is 16.2. The molecular formula is C18H20Cl2N4O3S. The van der Waals surface area contributed by atoms with Crippen LogP contribution < -0.4 is 10.6 Å². The lowest BCUT2D eigenvalue weighted by Crippen LogP contribution is -2.46. The van der Waals surface area contributed by atoms with E-state index in [1.807, 2.05) is 0 Å². The van der Waals surface area contributed by atoms with Gasteiger partial charge < -0.3 is 20.3 Å². The van der Waals surface area contributed by atoms with Gasteiger partial charge in [0.05, 0.1) is 16.7 Å². The lowest BCUT2D eigenvalue weighted by Gasteiger charge is -2.23. The van der Waals surface area contributed by atoms with Crippen molar-refractivity contribution >= 4 is 57.2 Å². The molecule has 1 aliphatic heterocycles. The van der Waals surface area contributed by atoms with E-state index in [0.29, 0.717) is 47.0 Å². The molecule has 150 valence electrons. The van der Waals surface area contributed by atoms with Crippen LogP contribution in [0.3, 0.4) is 0 Å². The van der Waals surface area contributed by atoms with Crippen LogP contribution in [-0.2, 0) is 9.53 Å². The quantitative estimate of drug-likeness (QED) is 0.640. The van der Waals surface area contributed by atoms with E-state index in [4.69, 9.17) is 27.9 Å². The van der Waals surface area contributed by atoms with Crippen LogP contribution in [0.15, 0.2) is 23.6 Å². The third kappa shape index (κ3) is 4.94. The Balaban J connectivity index is 1.65. The Hall–Kier alpha value is -1.87. The molecule has 2 N–H and O–H groups in total. The standard InChI is InChI=1S/C18H20Cl2N4O3S/c1-27-8-6-21-16(25)15-3-2-7-24(15)17(26)14-10-28-18(23-14)22-11-4-5-12(19)13(20)9-11/h4-5,9-10,15H,2-3,6-8H2,1H3,(H,21,25)(H,22,23). The van der Waals surface area contributed by atoms with Crippen molar-refractivity contribution in [1.29, 1.82) is 0 Å². The number of benzene rings is 1. The number of nitrogens with zero attached hydrogens (tertiary/aromatic N) is 2. The summed E-state index contributed by atoms with van der Waals surface area (Å²) < 4.78 is 4.94. The zero-order valence-electron chi connectivity index (χ0n) is 15.2. The molecule has 0 aliphatic carbocycles. The second-order valence-electron chi connectivity index (χ2n) is 6.23. The Bertz CT molecular complexity index is 861. The highest BCUT2D eigenvalue weighted by Gasteiger charge is 2.35. The van der Waals surface area contributed by atoms with E-state index in [1.165, 1.54) is 11.3 Å². The van der Waals surface area contributed by atoms with Crippen molar-refractivity contribution in [3.05, 3.63) is 39.3 Å². The third-order valence-electron chi connectivity index (χ3n) is 4.32. The Morgan fingerprint density at radius 3 is 2.93 bits per heavy atom. The van der Waals surface area contributed by atoms with Crippen molar-refractivity contribution < 1.29 is 14.3 Å². The van der Waals surface area contributed by atoms with Gasteiger partial charge in [-0.3, -0.25) is 9.59 Å². The molecule has 10 heteroatoms. The van der Waals surface area contributed by atoms with Gasteiger partial charge in [0.2, 0.25) is 5.91 Å². The Labute approximate surface area is 177 Å². The molecular weight excluding hydrogens is 423 g/mol. The molecule has 2 heterocycles. The van der Waals surface area contributed by atoms with Crippen LogP contribution in [0.25, 0.3) is 0 Å². The van der Waals surface area contributed by atoms with E-state index >= 15 is 0 Å². The minimum atomic E-state index is -0.475. The second-order valence-corrected chi connectivity index (χ2v) is 7.90. The monoisotopic (exact) mass is 442 g/mol. The highest BCUT2D eigenvalue weighted by molar-refractivity contribution is 7.14. The number of anilines is 2. The lowest BCUT2D eigenvalue weighted by molar-refractivity contribution is -0.125. The summed E-state index contributed by atoms with van der Waals surface area (Å²) in [5, 5.41) is 9.04. The van der Waals surface area contributed by atoms with Gasteiger partial charge in [0, 0.05) is 31.3 Å². The van der Waals surface area contributed by atoms with Crippen molar-refractivity contribution in [1.82, 2.24) is 15.2 Å². The van der Waals surface area contributed by atoms with Crippen LogP contribution >= 0.6 is 34.5 Å². The van der Waals surface area contributed by atoms with Crippen molar-refractivity contribution in [2.75, 3.05) is 32.1 Å². The molecule has 0 saturated carbocycles. The number of halogens is 2. The van der Waals surface area contributed by atoms with Gasteiger partial charge in [0.25, 0.3) is 5.91 Å². The van der Waals surface area contributed by atoms with E-state index in [0.717, 1.165) is 12.1 Å². The first-order valence-corrected chi connectivity index (χ1v) is 10.4. The van der Waals surface area contributed by atoms with E-state index in [2.05, 4.69) is 15.6 Å². The topological polar surface area (TPSA) is 83.6 Å². The van der Waals surface area contributed by atoms with Gasteiger partial charge in [-0.15, -0.1) is 11.3 Å². The Kier molecular flexibility index (Phi) is 7.12. The zero-order chi connectivity index (χ0) is 20.1. The molecule has 1 atom stereocenters. The summed E-state index contributed by atoms with van der Waals surface area (Å²) in [6, 6.07) is 4.67. The van der Waals surface area contributed by atoms with Crippen LogP contribution in [0.2, 0.25) is 10.0 Å². The molecule has 2 aromatic rings. The van der Waals surface area contributed by atoms with Gasteiger partial charge in [-0.2, -0.15) is 0 Å². The number of hydrogen-bond acceptors (Lipinski definition) is 6. The maximum Gasteiger partial charge on any atom is 0.274 e. The molecule has 1 unspecified atom stereocenters. The summed E-state index contributed by atoms with van der Waals surface area (Å²) in [5.41, 5.74) is 1.03. The smallest absolute Gasteiger partial charge is 0.274 e. The molecule has 1 aromatic carbocycles. The van der Waals surface area contributed by atoms with Crippen molar-refractivity contribution in [3.63, 3.8) is 0 Å². The molecule has 7 nitrogen and oxygen atoms in total.